The number of ether oxygens (including phenoxy) is 1. The molecule has 0 fully saturated rings. The van der Waals surface area contributed by atoms with Crippen molar-refractivity contribution in [2.75, 3.05) is 0 Å². The molecule has 8 nitrogen and oxygen atoms in total. The first-order chi connectivity index (χ1) is 8.05. The van der Waals surface area contributed by atoms with Crippen LogP contribution in [0.5, 0.6) is 0 Å². The molecule has 0 aliphatic rings. The van der Waals surface area contributed by atoms with Crippen LogP contribution in [0.1, 0.15) is 27.7 Å². The number of carbonyl (C=O) groups is 2. The lowest BCUT2D eigenvalue weighted by Gasteiger charge is -2.18. The molecule has 3 N–H and O–H groups in total. The Morgan fingerprint density at radius 1 is 1.17 bits per heavy atom. The van der Waals surface area contributed by atoms with Crippen molar-refractivity contribution in [1.29, 1.82) is 0 Å². The molecule has 0 aromatic heterocycles. The Labute approximate surface area is 106 Å². The molecule has 1 amide bonds. The Morgan fingerprint density at radius 3 is 2.00 bits per heavy atom. The number of carboxylic acids is 1. The zero-order valence-electron chi connectivity index (χ0n) is 10.6. The normalized spacial score (nSPS) is 13.4. The third kappa shape index (κ3) is 6.40. The summed E-state index contributed by atoms with van der Waals surface area (Å²) in [5.74, 6) is -1.80. The van der Waals surface area contributed by atoms with Gasteiger partial charge in [-0.05, 0) is 19.8 Å². The van der Waals surface area contributed by atoms with Gasteiger partial charge in [-0.3, -0.25) is 4.79 Å². The van der Waals surface area contributed by atoms with Crippen molar-refractivity contribution in [2.45, 2.75) is 39.8 Å². The summed E-state index contributed by atoms with van der Waals surface area (Å²) < 4.78 is 30.9. The molecule has 0 aliphatic carbocycles. The van der Waals surface area contributed by atoms with Crippen molar-refractivity contribution in [2.24, 2.45) is 5.92 Å². The second-order valence-corrected chi connectivity index (χ2v) is 5.68. The van der Waals surface area contributed by atoms with Gasteiger partial charge in [0.05, 0.1) is 6.10 Å². The molecule has 18 heavy (non-hydrogen) atoms. The van der Waals surface area contributed by atoms with Gasteiger partial charge in [-0.25, -0.2) is 9.52 Å². The molecule has 106 valence electrons. The largest absolute Gasteiger partial charge is 0.480 e. The van der Waals surface area contributed by atoms with Crippen LogP contribution in [-0.2, 0) is 19.7 Å². The van der Waals surface area contributed by atoms with Gasteiger partial charge in [0.15, 0.2) is 0 Å². The molecular formula is C9H18N2O6S. The van der Waals surface area contributed by atoms with E-state index in [0.29, 0.717) is 0 Å². The van der Waals surface area contributed by atoms with Crippen LogP contribution in [0.4, 0.5) is 4.79 Å². The summed E-state index contributed by atoms with van der Waals surface area (Å²) in [4.78, 5) is 21.9. The topological polar surface area (TPSA) is 122 Å². The van der Waals surface area contributed by atoms with Gasteiger partial charge in [0.2, 0.25) is 0 Å². The standard InChI is InChI=1S/C9H18N2O6S/c1-5(2)7(8(12)13)10-18(15,16)11-9(14)17-6(3)4/h5-7,10H,1-4H3,(H,11,14)(H,12,13)/t7-/m0/s1. The highest BCUT2D eigenvalue weighted by molar-refractivity contribution is 7.88. The van der Waals surface area contributed by atoms with Crippen molar-refractivity contribution in [3.63, 3.8) is 0 Å². The van der Waals surface area contributed by atoms with E-state index in [1.165, 1.54) is 13.8 Å². The number of aliphatic carboxylic acids is 1. The Balaban J connectivity index is 4.65. The summed E-state index contributed by atoms with van der Waals surface area (Å²) in [5, 5.41) is 8.82. The number of carbonyl (C=O) groups excluding carboxylic acids is 1. The van der Waals surface area contributed by atoms with Crippen LogP contribution in [0.2, 0.25) is 0 Å². The van der Waals surface area contributed by atoms with Gasteiger partial charge < -0.3 is 9.84 Å². The molecule has 0 saturated heterocycles. The maximum Gasteiger partial charge on any atom is 0.422 e. The van der Waals surface area contributed by atoms with E-state index in [1.54, 1.807) is 18.6 Å². The number of hydrogen-bond acceptors (Lipinski definition) is 5. The molecule has 0 aliphatic heterocycles. The van der Waals surface area contributed by atoms with Crippen molar-refractivity contribution < 1.29 is 27.9 Å². The highest BCUT2D eigenvalue weighted by atomic mass is 32.2. The number of carboxylic acid groups (broad SMARTS) is 1. The smallest absolute Gasteiger partial charge is 0.422 e. The van der Waals surface area contributed by atoms with E-state index in [9.17, 15) is 18.0 Å². The zero-order chi connectivity index (χ0) is 14.5. The molecule has 0 radical (unpaired) electrons. The molecule has 0 heterocycles. The fourth-order valence-corrected chi connectivity index (χ4v) is 2.05. The molecule has 0 rings (SSSR count). The van der Waals surface area contributed by atoms with Crippen LogP contribution in [0, 0.1) is 5.92 Å². The summed E-state index contributed by atoms with van der Waals surface area (Å²) in [6, 6.07) is -1.32. The Morgan fingerprint density at radius 2 is 1.67 bits per heavy atom. The fourth-order valence-electron chi connectivity index (χ4n) is 1.02. The lowest BCUT2D eigenvalue weighted by Crippen LogP contribution is -2.50. The first kappa shape index (κ1) is 16.6. The van der Waals surface area contributed by atoms with Gasteiger partial charge in [0, 0.05) is 0 Å². The van der Waals surface area contributed by atoms with Crippen molar-refractivity contribution in [3.8, 4) is 0 Å². The Kier molecular flexibility index (Phi) is 6.06. The van der Waals surface area contributed by atoms with E-state index < -0.39 is 40.3 Å². The number of amides is 1. The van der Waals surface area contributed by atoms with Crippen LogP contribution in [0.15, 0.2) is 0 Å². The first-order valence-electron chi connectivity index (χ1n) is 5.28. The van der Waals surface area contributed by atoms with Gasteiger partial charge in [-0.15, -0.1) is 0 Å². The number of rotatable bonds is 6. The average molecular weight is 282 g/mol. The van der Waals surface area contributed by atoms with Crippen LogP contribution in [-0.4, -0.2) is 37.7 Å². The Bertz CT molecular complexity index is 403. The van der Waals surface area contributed by atoms with E-state index in [-0.39, 0.29) is 0 Å². The minimum Gasteiger partial charge on any atom is -0.480 e. The van der Waals surface area contributed by atoms with Crippen LogP contribution < -0.4 is 9.44 Å². The molecule has 9 heteroatoms. The summed E-state index contributed by atoms with van der Waals surface area (Å²) >= 11 is 0. The maximum atomic E-state index is 11.5. The molecule has 0 unspecified atom stereocenters. The Hall–Kier alpha value is -1.35. The second kappa shape index (κ2) is 6.55. The molecule has 0 saturated carbocycles. The summed E-state index contributed by atoms with van der Waals surface area (Å²) in [6.45, 7) is 6.17. The third-order valence-electron chi connectivity index (χ3n) is 1.78. The monoisotopic (exact) mass is 282 g/mol. The van der Waals surface area contributed by atoms with E-state index in [2.05, 4.69) is 4.74 Å². The average Bonchev–Trinajstić information content (AvgIpc) is 2.10. The summed E-state index contributed by atoms with van der Waals surface area (Å²) in [5.41, 5.74) is 0. The lowest BCUT2D eigenvalue weighted by molar-refractivity contribution is -0.140. The molecule has 1 atom stereocenters. The van der Waals surface area contributed by atoms with E-state index >= 15 is 0 Å². The van der Waals surface area contributed by atoms with E-state index in [0.717, 1.165) is 0 Å². The minimum atomic E-state index is -4.27. The maximum absolute atomic E-state index is 11.5. The molecule has 0 spiro atoms. The molecular weight excluding hydrogens is 264 g/mol. The lowest BCUT2D eigenvalue weighted by atomic mass is 10.1. The van der Waals surface area contributed by atoms with Crippen LogP contribution in [0.3, 0.4) is 0 Å². The van der Waals surface area contributed by atoms with E-state index in [4.69, 9.17) is 5.11 Å². The van der Waals surface area contributed by atoms with Gasteiger partial charge >= 0.3 is 22.3 Å². The van der Waals surface area contributed by atoms with Gasteiger partial charge in [0.1, 0.15) is 6.04 Å². The number of hydrogen-bond donors (Lipinski definition) is 3. The van der Waals surface area contributed by atoms with Gasteiger partial charge in [-0.2, -0.15) is 13.1 Å². The minimum absolute atomic E-state index is 0.472. The van der Waals surface area contributed by atoms with Crippen LogP contribution in [0.25, 0.3) is 0 Å². The predicted molar refractivity (Wildman–Crippen MR) is 63.1 cm³/mol. The number of nitrogens with one attached hydrogen (secondary N) is 2. The second-order valence-electron chi connectivity index (χ2n) is 4.24. The van der Waals surface area contributed by atoms with Crippen LogP contribution >= 0.6 is 0 Å². The SMILES string of the molecule is CC(C)OC(=O)NS(=O)(=O)N[C@H](C(=O)O)C(C)C. The first-order valence-corrected chi connectivity index (χ1v) is 6.77. The summed E-state index contributed by atoms with van der Waals surface area (Å²) in [7, 11) is -4.27. The molecule has 0 aromatic carbocycles. The van der Waals surface area contributed by atoms with Crippen molar-refractivity contribution in [3.05, 3.63) is 0 Å². The fraction of sp³-hybridized carbons (Fsp3) is 0.778. The van der Waals surface area contributed by atoms with Gasteiger partial charge in [-0.1, -0.05) is 13.8 Å². The molecule has 0 aromatic rings. The highest BCUT2D eigenvalue weighted by Crippen LogP contribution is 2.03. The van der Waals surface area contributed by atoms with Crippen molar-refractivity contribution >= 4 is 22.3 Å². The van der Waals surface area contributed by atoms with Crippen molar-refractivity contribution in [1.82, 2.24) is 9.44 Å². The summed E-state index contributed by atoms with van der Waals surface area (Å²) in [6.07, 6.45) is -1.65. The highest BCUT2D eigenvalue weighted by Gasteiger charge is 2.28. The third-order valence-corrected chi connectivity index (χ3v) is 2.77. The quantitative estimate of drug-likeness (QED) is 0.633. The predicted octanol–water partition coefficient (Wildman–Crippen LogP) is 0.0646. The zero-order valence-corrected chi connectivity index (χ0v) is 11.4. The van der Waals surface area contributed by atoms with E-state index in [1.807, 2.05) is 4.72 Å². The van der Waals surface area contributed by atoms with Gasteiger partial charge in [0.25, 0.3) is 0 Å². The molecule has 0 bridgehead atoms.